The van der Waals surface area contributed by atoms with Crippen molar-refractivity contribution in [2.45, 2.75) is 19.8 Å². The molecule has 10 heavy (non-hydrogen) atoms. The number of hydrogen-bond acceptors (Lipinski definition) is 3. The summed E-state index contributed by atoms with van der Waals surface area (Å²) in [6.07, 6.45) is 1.45. The van der Waals surface area contributed by atoms with Gasteiger partial charge in [0, 0.05) is 0 Å². The molecule has 0 bridgehead atoms. The molecule has 0 aromatic carbocycles. The van der Waals surface area contributed by atoms with Gasteiger partial charge in [-0.25, -0.2) is 0 Å². The topological polar surface area (TPSA) is 72.5 Å². The van der Waals surface area contributed by atoms with Crippen molar-refractivity contribution in [1.29, 1.82) is 0 Å². The first-order valence-corrected chi connectivity index (χ1v) is 5.05. The van der Waals surface area contributed by atoms with Crippen LogP contribution in [0, 0.1) is 0 Å². The molecule has 1 atom stereocenters. The zero-order chi connectivity index (χ0) is 8.04. The van der Waals surface area contributed by atoms with Crippen LogP contribution >= 0.6 is 7.60 Å². The summed E-state index contributed by atoms with van der Waals surface area (Å²) < 4.78 is 15.3. The Bertz CT molecular complexity index is 128. The van der Waals surface area contributed by atoms with Crippen LogP contribution in [0.25, 0.3) is 0 Å². The smallest absolute Gasteiger partial charge is 0.323 e. The van der Waals surface area contributed by atoms with E-state index in [1.165, 1.54) is 0 Å². The zero-order valence-corrected chi connectivity index (χ0v) is 7.01. The summed E-state index contributed by atoms with van der Waals surface area (Å²) in [5.41, 5.74) is 4.95. The standard InChI is InChI=1S/C5H14NO3P/c1-2-3-4-9-10(7,8)5-6/h2-6H2,1H3,(H,7,8). The summed E-state index contributed by atoms with van der Waals surface area (Å²) in [6.45, 7) is 2.30. The van der Waals surface area contributed by atoms with Gasteiger partial charge in [-0.2, -0.15) is 0 Å². The fourth-order valence-electron chi connectivity index (χ4n) is 0.404. The molecule has 5 heteroatoms. The van der Waals surface area contributed by atoms with Crippen molar-refractivity contribution < 1.29 is 14.0 Å². The Labute approximate surface area is 60.9 Å². The Morgan fingerprint density at radius 2 is 2.30 bits per heavy atom. The van der Waals surface area contributed by atoms with Crippen LogP contribution in [0.1, 0.15) is 19.8 Å². The van der Waals surface area contributed by atoms with E-state index in [9.17, 15) is 4.57 Å². The Hall–Kier alpha value is 0.110. The quantitative estimate of drug-likeness (QED) is 0.471. The van der Waals surface area contributed by atoms with E-state index in [1.54, 1.807) is 0 Å². The second kappa shape index (κ2) is 4.85. The molecule has 0 saturated heterocycles. The molecule has 0 aliphatic carbocycles. The predicted molar refractivity (Wildman–Crippen MR) is 39.7 cm³/mol. The Balaban J connectivity index is 3.38. The fraction of sp³-hybridized carbons (Fsp3) is 1.00. The van der Waals surface area contributed by atoms with Crippen molar-refractivity contribution in [2.24, 2.45) is 5.73 Å². The lowest BCUT2D eigenvalue weighted by Gasteiger charge is -2.07. The van der Waals surface area contributed by atoms with Gasteiger partial charge in [-0.15, -0.1) is 0 Å². The Morgan fingerprint density at radius 3 is 2.70 bits per heavy atom. The second-order valence-electron chi connectivity index (χ2n) is 2.01. The SMILES string of the molecule is CCCCOP(=O)(O)CN. The molecule has 0 heterocycles. The summed E-state index contributed by atoms with van der Waals surface area (Å²) in [5.74, 6) is 0. The molecule has 0 saturated carbocycles. The van der Waals surface area contributed by atoms with E-state index in [4.69, 9.17) is 10.6 Å². The average Bonchev–Trinajstić information content (AvgIpc) is 1.89. The van der Waals surface area contributed by atoms with Gasteiger partial charge in [-0.3, -0.25) is 4.57 Å². The molecule has 1 unspecified atom stereocenters. The highest BCUT2D eigenvalue weighted by Crippen LogP contribution is 2.39. The van der Waals surface area contributed by atoms with E-state index in [-0.39, 0.29) is 6.29 Å². The third-order valence-corrected chi connectivity index (χ3v) is 2.07. The van der Waals surface area contributed by atoms with Crippen LogP contribution in [0.3, 0.4) is 0 Å². The third kappa shape index (κ3) is 4.94. The highest BCUT2D eigenvalue weighted by Gasteiger charge is 2.14. The molecule has 0 fully saturated rings. The van der Waals surface area contributed by atoms with Gasteiger partial charge in [-0.05, 0) is 6.42 Å². The highest BCUT2D eigenvalue weighted by atomic mass is 31.2. The van der Waals surface area contributed by atoms with Crippen LogP contribution < -0.4 is 5.73 Å². The van der Waals surface area contributed by atoms with Crippen LogP contribution in [0.5, 0.6) is 0 Å². The zero-order valence-electron chi connectivity index (χ0n) is 6.12. The molecule has 0 aliphatic heterocycles. The van der Waals surface area contributed by atoms with Crippen molar-refractivity contribution in [3.8, 4) is 0 Å². The Kier molecular flexibility index (Phi) is 4.91. The monoisotopic (exact) mass is 167 g/mol. The maximum Gasteiger partial charge on any atom is 0.341 e. The van der Waals surface area contributed by atoms with Gasteiger partial charge in [0.2, 0.25) is 0 Å². The minimum Gasteiger partial charge on any atom is -0.323 e. The maximum atomic E-state index is 10.7. The van der Waals surface area contributed by atoms with Gasteiger partial charge in [0.1, 0.15) is 0 Å². The lowest BCUT2D eigenvalue weighted by atomic mass is 10.4. The van der Waals surface area contributed by atoms with Crippen molar-refractivity contribution in [2.75, 3.05) is 12.9 Å². The second-order valence-corrected chi connectivity index (χ2v) is 3.91. The highest BCUT2D eigenvalue weighted by molar-refractivity contribution is 7.52. The summed E-state index contributed by atoms with van der Waals surface area (Å²) in [7, 11) is -3.43. The molecule has 3 N–H and O–H groups in total. The van der Waals surface area contributed by atoms with Crippen LogP contribution in [0.4, 0.5) is 0 Å². The van der Waals surface area contributed by atoms with Crippen LogP contribution in [0.15, 0.2) is 0 Å². The Morgan fingerprint density at radius 1 is 1.70 bits per heavy atom. The lowest BCUT2D eigenvalue weighted by Crippen LogP contribution is -2.03. The van der Waals surface area contributed by atoms with Crippen LogP contribution in [-0.4, -0.2) is 17.8 Å². The van der Waals surface area contributed by atoms with Crippen molar-refractivity contribution in [3.05, 3.63) is 0 Å². The number of nitrogens with two attached hydrogens (primary N) is 1. The number of rotatable bonds is 5. The molecule has 0 aromatic heterocycles. The van der Waals surface area contributed by atoms with Gasteiger partial charge < -0.3 is 15.2 Å². The van der Waals surface area contributed by atoms with Gasteiger partial charge in [-0.1, -0.05) is 13.3 Å². The van der Waals surface area contributed by atoms with Gasteiger partial charge in [0.05, 0.1) is 12.9 Å². The molecule has 0 aromatic rings. The molecule has 62 valence electrons. The van der Waals surface area contributed by atoms with E-state index < -0.39 is 7.60 Å². The maximum absolute atomic E-state index is 10.7. The molecule has 0 rings (SSSR count). The predicted octanol–water partition coefficient (Wildman–Crippen LogP) is 0.905. The third-order valence-electron chi connectivity index (χ3n) is 1.02. The van der Waals surface area contributed by atoms with Gasteiger partial charge >= 0.3 is 7.60 Å². The molecular weight excluding hydrogens is 153 g/mol. The van der Waals surface area contributed by atoms with E-state index in [0.29, 0.717) is 6.61 Å². The van der Waals surface area contributed by atoms with Crippen molar-refractivity contribution >= 4 is 7.60 Å². The number of unbranched alkanes of at least 4 members (excludes halogenated alkanes) is 1. The summed E-state index contributed by atoms with van der Waals surface area (Å²) in [6, 6.07) is 0. The first-order valence-electron chi connectivity index (χ1n) is 3.29. The first kappa shape index (κ1) is 10.1. The summed E-state index contributed by atoms with van der Waals surface area (Å²) in [5, 5.41) is 0. The fourth-order valence-corrected chi connectivity index (χ4v) is 0.924. The molecule has 0 aliphatic rings. The van der Waals surface area contributed by atoms with E-state index in [0.717, 1.165) is 12.8 Å². The van der Waals surface area contributed by atoms with Crippen molar-refractivity contribution in [3.63, 3.8) is 0 Å². The van der Waals surface area contributed by atoms with Crippen LogP contribution in [-0.2, 0) is 9.09 Å². The molecular formula is C5H14NO3P. The van der Waals surface area contributed by atoms with E-state index in [1.807, 2.05) is 6.92 Å². The normalized spacial score (nSPS) is 16.7. The number of hydrogen-bond donors (Lipinski definition) is 2. The van der Waals surface area contributed by atoms with Gasteiger partial charge in [0.15, 0.2) is 0 Å². The van der Waals surface area contributed by atoms with E-state index >= 15 is 0 Å². The van der Waals surface area contributed by atoms with Gasteiger partial charge in [0.25, 0.3) is 0 Å². The molecule has 0 amide bonds. The largest absolute Gasteiger partial charge is 0.341 e. The summed E-state index contributed by atoms with van der Waals surface area (Å²) in [4.78, 5) is 8.76. The van der Waals surface area contributed by atoms with E-state index in [2.05, 4.69) is 4.52 Å². The molecule has 0 radical (unpaired) electrons. The average molecular weight is 167 g/mol. The van der Waals surface area contributed by atoms with Crippen molar-refractivity contribution in [1.82, 2.24) is 0 Å². The minimum atomic E-state index is -3.43. The molecule has 4 nitrogen and oxygen atoms in total. The summed E-state index contributed by atoms with van der Waals surface area (Å²) >= 11 is 0. The first-order chi connectivity index (χ1) is 4.62. The van der Waals surface area contributed by atoms with Crippen LogP contribution in [0.2, 0.25) is 0 Å². The lowest BCUT2D eigenvalue weighted by molar-refractivity contribution is 0.255. The molecule has 0 spiro atoms. The minimum absolute atomic E-state index is 0.295.